The summed E-state index contributed by atoms with van der Waals surface area (Å²) in [7, 11) is 0. The quantitative estimate of drug-likeness (QED) is 0.618. The lowest BCUT2D eigenvalue weighted by molar-refractivity contribution is -0.682. The third kappa shape index (κ3) is 1.61. The van der Waals surface area contributed by atoms with Crippen molar-refractivity contribution in [2.75, 3.05) is 0 Å². The van der Waals surface area contributed by atoms with Crippen LogP contribution in [0.1, 0.15) is 39.7 Å². The minimum Gasteiger partial charge on any atom is -0.287 e. The molecule has 0 saturated carbocycles. The first-order valence-electron chi connectivity index (χ1n) is 6.64. The van der Waals surface area contributed by atoms with E-state index in [1.54, 1.807) is 11.3 Å². The molecule has 0 bridgehead atoms. The van der Waals surface area contributed by atoms with Crippen molar-refractivity contribution in [3.8, 4) is 0 Å². The van der Waals surface area contributed by atoms with Crippen molar-refractivity contribution in [3.05, 3.63) is 58.1 Å². The van der Waals surface area contributed by atoms with Gasteiger partial charge in [-0.15, -0.1) is 0 Å². The normalized spacial score (nSPS) is 19.4. The highest BCUT2D eigenvalue weighted by Crippen LogP contribution is 2.52. The largest absolute Gasteiger partial charge is 0.287 e. The summed E-state index contributed by atoms with van der Waals surface area (Å²) in [4.78, 5) is 13.7. The molecule has 1 heterocycles. The minimum absolute atomic E-state index is 0.188. The molecular formula is C16H14NOS+. The summed E-state index contributed by atoms with van der Waals surface area (Å²) in [5, 5.41) is 0. The maximum Gasteiger partial charge on any atom is 0.227 e. The van der Waals surface area contributed by atoms with Gasteiger partial charge in [-0.05, 0) is 12.8 Å². The van der Waals surface area contributed by atoms with Crippen LogP contribution < -0.4 is 4.57 Å². The van der Waals surface area contributed by atoms with Crippen molar-refractivity contribution in [1.29, 1.82) is 0 Å². The molecule has 0 aliphatic heterocycles. The fourth-order valence-electron chi connectivity index (χ4n) is 3.07. The lowest BCUT2D eigenvalue weighted by Gasteiger charge is -2.20. The van der Waals surface area contributed by atoms with Gasteiger partial charge >= 0.3 is 0 Å². The van der Waals surface area contributed by atoms with Gasteiger partial charge in [0.25, 0.3) is 0 Å². The number of nitrogens with zero attached hydrogens (tertiary/aromatic N) is 1. The first-order valence-corrected chi connectivity index (χ1v) is 7.52. The van der Waals surface area contributed by atoms with Gasteiger partial charge in [0.05, 0.1) is 4.88 Å². The van der Waals surface area contributed by atoms with E-state index in [9.17, 15) is 4.79 Å². The van der Waals surface area contributed by atoms with Gasteiger partial charge in [0.15, 0.2) is 0 Å². The van der Waals surface area contributed by atoms with Crippen LogP contribution in [0.25, 0.3) is 5.57 Å². The number of rotatable bonds is 3. The highest BCUT2D eigenvalue weighted by atomic mass is 32.1. The number of ketones is 1. The number of benzene rings is 1. The van der Waals surface area contributed by atoms with Gasteiger partial charge in [0.2, 0.25) is 23.5 Å². The number of Topliss-reactive ketones (excluding diaryl/α,β-unsaturated/α-hetero) is 1. The van der Waals surface area contributed by atoms with Crippen LogP contribution in [0, 0.1) is 0 Å². The van der Waals surface area contributed by atoms with E-state index in [1.807, 2.05) is 30.3 Å². The highest BCUT2D eigenvalue weighted by molar-refractivity contribution is 7.10. The van der Waals surface area contributed by atoms with Crippen LogP contribution in [0.2, 0.25) is 0 Å². The summed E-state index contributed by atoms with van der Waals surface area (Å²) in [6.45, 7) is 0.458. The fraction of sp³-hybridized carbons (Fsp3) is 0.250. The monoisotopic (exact) mass is 268 g/mol. The minimum atomic E-state index is 0.188. The van der Waals surface area contributed by atoms with E-state index < -0.39 is 0 Å². The standard InChI is InChI=1S/C16H14NOS/c18-14(11-5-2-1-3-6-11)9-17-10-19-16-13-8-4-7-12(13)15(16)17/h1-3,5-7,10,13H,4,8-9H2/q+1. The Hall–Kier alpha value is -1.74. The van der Waals surface area contributed by atoms with E-state index in [1.165, 1.54) is 29.0 Å². The number of carbonyl (C=O) groups excluding carboxylic acids is 1. The van der Waals surface area contributed by atoms with Gasteiger partial charge in [-0.3, -0.25) is 4.79 Å². The van der Waals surface area contributed by atoms with Crippen molar-refractivity contribution in [2.24, 2.45) is 0 Å². The molecule has 4 rings (SSSR count). The second-order valence-electron chi connectivity index (χ2n) is 5.14. The van der Waals surface area contributed by atoms with Gasteiger partial charge in [0, 0.05) is 17.1 Å². The third-order valence-corrected chi connectivity index (χ3v) is 5.11. The first-order chi connectivity index (χ1) is 9.34. The van der Waals surface area contributed by atoms with Gasteiger partial charge in [-0.1, -0.05) is 47.7 Å². The van der Waals surface area contributed by atoms with Crippen LogP contribution in [-0.2, 0) is 6.54 Å². The fourth-order valence-corrected chi connectivity index (χ4v) is 4.25. The van der Waals surface area contributed by atoms with Crippen molar-refractivity contribution < 1.29 is 9.36 Å². The van der Waals surface area contributed by atoms with E-state index in [0.29, 0.717) is 12.5 Å². The molecular weight excluding hydrogens is 254 g/mol. The Morgan fingerprint density at radius 2 is 2.16 bits per heavy atom. The highest BCUT2D eigenvalue weighted by Gasteiger charge is 2.44. The molecule has 0 amide bonds. The van der Waals surface area contributed by atoms with Gasteiger partial charge < -0.3 is 0 Å². The number of aromatic nitrogens is 1. The molecule has 0 saturated heterocycles. The summed E-state index contributed by atoms with van der Waals surface area (Å²) in [6.07, 6.45) is 4.78. The first kappa shape index (κ1) is 11.1. The van der Waals surface area contributed by atoms with Crippen LogP contribution in [0.3, 0.4) is 0 Å². The predicted octanol–water partition coefficient (Wildman–Crippen LogP) is 3.19. The molecule has 3 heteroatoms. The molecule has 19 heavy (non-hydrogen) atoms. The van der Waals surface area contributed by atoms with Crippen molar-refractivity contribution >= 4 is 22.7 Å². The second kappa shape index (κ2) is 4.14. The van der Waals surface area contributed by atoms with Gasteiger partial charge in [-0.2, -0.15) is 4.57 Å². The van der Waals surface area contributed by atoms with Crippen LogP contribution >= 0.6 is 11.3 Å². The third-order valence-electron chi connectivity index (χ3n) is 4.02. The maximum atomic E-state index is 12.3. The molecule has 1 aromatic carbocycles. The molecule has 2 aliphatic rings. The Bertz CT molecular complexity index is 684. The number of fused-ring (bicyclic) bond motifs is 4. The Kier molecular flexibility index (Phi) is 2.42. The molecule has 0 spiro atoms. The average molecular weight is 268 g/mol. The Balaban J connectivity index is 1.63. The van der Waals surface area contributed by atoms with Crippen LogP contribution in [0.15, 0.2) is 41.9 Å². The summed E-state index contributed by atoms with van der Waals surface area (Å²) >= 11 is 1.80. The van der Waals surface area contributed by atoms with E-state index >= 15 is 0 Å². The van der Waals surface area contributed by atoms with Crippen LogP contribution in [-0.4, -0.2) is 5.78 Å². The van der Waals surface area contributed by atoms with Gasteiger partial charge in [0.1, 0.15) is 0 Å². The average Bonchev–Trinajstić information content (AvgIpc) is 2.98. The molecule has 0 fully saturated rings. The molecule has 0 N–H and O–H groups in total. The number of hydrogen-bond acceptors (Lipinski definition) is 2. The van der Waals surface area contributed by atoms with Crippen molar-refractivity contribution in [2.45, 2.75) is 25.3 Å². The zero-order valence-corrected chi connectivity index (χ0v) is 11.3. The lowest BCUT2D eigenvalue weighted by Crippen LogP contribution is -2.42. The van der Waals surface area contributed by atoms with E-state index in [4.69, 9.17) is 0 Å². The molecule has 1 unspecified atom stereocenters. The Morgan fingerprint density at radius 1 is 1.32 bits per heavy atom. The summed E-state index contributed by atoms with van der Waals surface area (Å²) in [5.41, 5.74) is 5.69. The molecule has 2 nitrogen and oxygen atoms in total. The molecule has 2 aliphatic carbocycles. The van der Waals surface area contributed by atoms with E-state index in [2.05, 4.69) is 16.2 Å². The van der Waals surface area contributed by atoms with E-state index in [0.717, 1.165) is 5.56 Å². The summed E-state index contributed by atoms with van der Waals surface area (Å²) in [6, 6.07) is 9.55. The SMILES string of the molecule is O=C(C[n+]1csc2c1C1=CCCC12)c1ccccc1. The zero-order chi connectivity index (χ0) is 12.8. The molecule has 1 aromatic heterocycles. The second-order valence-corrected chi connectivity index (χ2v) is 6.03. The molecule has 94 valence electrons. The summed E-state index contributed by atoms with van der Waals surface area (Å²) in [5.74, 6) is 0.862. The number of thiazole rings is 1. The van der Waals surface area contributed by atoms with Gasteiger partial charge in [-0.25, -0.2) is 0 Å². The number of carbonyl (C=O) groups is 1. The van der Waals surface area contributed by atoms with Crippen molar-refractivity contribution in [1.82, 2.24) is 0 Å². The maximum absolute atomic E-state index is 12.3. The predicted molar refractivity (Wildman–Crippen MR) is 75.2 cm³/mol. The van der Waals surface area contributed by atoms with Crippen LogP contribution in [0.5, 0.6) is 0 Å². The number of allylic oxidation sites excluding steroid dienone is 2. The Morgan fingerprint density at radius 3 is 3.00 bits per heavy atom. The lowest BCUT2D eigenvalue weighted by atomic mass is 9.84. The molecule has 1 atom stereocenters. The molecule has 0 radical (unpaired) electrons. The smallest absolute Gasteiger partial charge is 0.227 e. The summed E-state index contributed by atoms with van der Waals surface area (Å²) < 4.78 is 2.13. The van der Waals surface area contributed by atoms with Crippen molar-refractivity contribution in [3.63, 3.8) is 0 Å². The Labute approximate surface area is 116 Å². The van der Waals surface area contributed by atoms with E-state index in [-0.39, 0.29) is 5.78 Å². The number of hydrogen-bond donors (Lipinski definition) is 0. The molecule has 2 aromatic rings. The topological polar surface area (TPSA) is 20.9 Å². The van der Waals surface area contributed by atoms with Crippen LogP contribution in [0.4, 0.5) is 0 Å². The zero-order valence-electron chi connectivity index (χ0n) is 10.5.